The summed E-state index contributed by atoms with van der Waals surface area (Å²) >= 11 is 0. The van der Waals surface area contributed by atoms with Crippen LogP contribution in [0.4, 0.5) is 26.7 Å². The van der Waals surface area contributed by atoms with Crippen LogP contribution in [0.3, 0.4) is 0 Å². The van der Waals surface area contributed by atoms with Crippen molar-refractivity contribution in [3.63, 3.8) is 0 Å². The summed E-state index contributed by atoms with van der Waals surface area (Å²) in [6, 6.07) is 0.341. The molecule has 1 aliphatic heterocycles. The third kappa shape index (κ3) is 10.3. The molecule has 1 saturated heterocycles. The van der Waals surface area contributed by atoms with Gasteiger partial charge in [-0.3, -0.25) is 4.79 Å². The summed E-state index contributed by atoms with van der Waals surface area (Å²) in [5.41, 5.74) is -2.31. The lowest BCUT2D eigenvalue weighted by molar-refractivity contribution is -0.274. The van der Waals surface area contributed by atoms with E-state index in [-0.39, 0.29) is 48.5 Å². The van der Waals surface area contributed by atoms with Gasteiger partial charge in [-0.05, 0) is 61.1 Å². The number of fused-ring (bicyclic) bond motifs is 1. The number of nitrogens with one attached hydrogen (secondary N) is 1. The molecule has 1 aromatic carbocycles. The topological polar surface area (TPSA) is 129 Å². The largest absolute Gasteiger partial charge is 0.573 e. The van der Waals surface area contributed by atoms with E-state index < -0.39 is 77.1 Å². The summed E-state index contributed by atoms with van der Waals surface area (Å²) in [6.07, 6.45) is -2.76. The number of hydrogen-bond acceptors (Lipinski definition) is 9. The Kier molecular flexibility index (Phi) is 12.7. The van der Waals surface area contributed by atoms with E-state index in [0.29, 0.717) is 12.5 Å². The van der Waals surface area contributed by atoms with Crippen molar-refractivity contribution in [2.45, 2.75) is 104 Å². The number of carbonyl (C=O) groups excluding carboxylic acids is 3. The molecule has 1 saturated carbocycles. The van der Waals surface area contributed by atoms with Crippen molar-refractivity contribution < 1.29 is 55.3 Å². The number of hydrogen-bond donors (Lipinski definition) is 1. The highest BCUT2D eigenvalue weighted by atomic mass is 19.4. The number of ether oxygens (including phenoxy) is 4. The van der Waals surface area contributed by atoms with E-state index >= 15 is 8.78 Å². The van der Waals surface area contributed by atoms with Gasteiger partial charge in [0.2, 0.25) is 11.8 Å². The van der Waals surface area contributed by atoms with Crippen LogP contribution in [-0.2, 0) is 25.0 Å². The van der Waals surface area contributed by atoms with Gasteiger partial charge in [-0.25, -0.2) is 19.6 Å². The normalized spacial score (nSPS) is 22.3. The quantitative estimate of drug-likeness (QED) is 0.112. The SMILES string of the molecule is C=CCCC1CC1OC(=O)NC(C(=O)N1CC(Oc2nc3cc(OC(F)(F)F)ccc3nc2C(F)(F)C=C)C(CC)C1C(=O)OCC(C)C)C(C)(C)C. The first-order chi connectivity index (χ1) is 24.7. The molecule has 11 nitrogen and oxygen atoms in total. The molecule has 2 aromatic rings. The highest BCUT2D eigenvalue weighted by Crippen LogP contribution is 2.40. The Morgan fingerprint density at radius 3 is 2.34 bits per heavy atom. The fourth-order valence-electron chi connectivity index (χ4n) is 6.21. The molecule has 1 aliphatic carbocycles. The van der Waals surface area contributed by atoms with Crippen LogP contribution in [0.15, 0.2) is 43.5 Å². The first-order valence-corrected chi connectivity index (χ1v) is 17.5. The van der Waals surface area contributed by atoms with Gasteiger partial charge < -0.3 is 29.2 Å². The van der Waals surface area contributed by atoms with Gasteiger partial charge in [-0.15, -0.1) is 19.8 Å². The number of amides is 2. The van der Waals surface area contributed by atoms with Crippen LogP contribution >= 0.6 is 0 Å². The standard InChI is InChI=1S/C37H47F5N4O7/c1-9-12-13-21-16-26(21)52-34(49)45-30(35(6,7)8)32(47)46-18-27(23(10-2)28(46)33(48)50-19-20(4)5)51-31-29(36(38,39)11-3)43-24-15-14-22(17-25(24)44-31)53-37(40,41)42/h9,11,14-15,17,20-21,23,26-28,30H,1,3,10,12-13,16,18-19H2,2,4-8H3,(H,45,49). The van der Waals surface area contributed by atoms with E-state index in [9.17, 15) is 27.6 Å². The number of alkyl carbamates (subject to hydrolysis) is 1. The molecule has 16 heteroatoms. The second kappa shape index (κ2) is 16.3. The molecule has 1 N–H and O–H groups in total. The number of nitrogens with zero attached hydrogens (tertiary/aromatic N) is 3. The van der Waals surface area contributed by atoms with Crippen molar-refractivity contribution in [3.05, 3.63) is 49.2 Å². The lowest BCUT2D eigenvalue weighted by Gasteiger charge is -2.35. The summed E-state index contributed by atoms with van der Waals surface area (Å²) in [7, 11) is 0. The molecule has 6 unspecified atom stereocenters. The van der Waals surface area contributed by atoms with Crippen molar-refractivity contribution in [1.82, 2.24) is 20.2 Å². The Morgan fingerprint density at radius 2 is 1.75 bits per heavy atom. The highest BCUT2D eigenvalue weighted by molar-refractivity contribution is 5.91. The highest BCUT2D eigenvalue weighted by Gasteiger charge is 2.53. The molecule has 1 aromatic heterocycles. The Balaban J connectivity index is 1.71. The van der Waals surface area contributed by atoms with E-state index in [2.05, 4.69) is 33.2 Å². The van der Waals surface area contributed by atoms with E-state index in [0.717, 1.165) is 31.0 Å². The average molecular weight is 755 g/mol. The van der Waals surface area contributed by atoms with Crippen LogP contribution in [0, 0.1) is 23.2 Å². The van der Waals surface area contributed by atoms with Gasteiger partial charge in [-0.1, -0.05) is 54.2 Å². The van der Waals surface area contributed by atoms with Gasteiger partial charge in [0.05, 0.1) is 24.2 Å². The second-order valence-electron chi connectivity index (χ2n) is 14.8. The number of carbonyl (C=O) groups is 3. The summed E-state index contributed by atoms with van der Waals surface area (Å²) in [4.78, 5) is 50.6. The predicted octanol–water partition coefficient (Wildman–Crippen LogP) is 7.49. The maximum Gasteiger partial charge on any atom is 0.573 e. The molecule has 2 fully saturated rings. The minimum absolute atomic E-state index is 0.0230. The molecule has 0 bridgehead atoms. The lowest BCUT2D eigenvalue weighted by atomic mass is 9.85. The van der Waals surface area contributed by atoms with E-state index in [1.165, 1.54) is 4.90 Å². The maximum absolute atomic E-state index is 15.3. The zero-order chi connectivity index (χ0) is 39.5. The lowest BCUT2D eigenvalue weighted by Crippen LogP contribution is -2.57. The average Bonchev–Trinajstić information content (AvgIpc) is 3.70. The van der Waals surface area contributed by atoms with Crippen LogP contribution in [0.2, 0.25) is 0 Å². The van der Waals surface area contributed by atoms with Crippen molar-refractivity contribution in [1.29, 1.82) is 0 Å². The Hall–Kier alpha value is -4.50. The van der Waals surface area contributed by atoms with E-state index in [1.54, 1.807) is 33.8 Å². The number of allylic oxidation sites excluding steroid dienone is 2. The first kappa shape index (κ1) is 41.3. The number of benzene rings is 1. The molecule has 4 rings (SSSR count). The number of halogens is 5. The van der Waals surface area contributed by atoms with Gasteiger partial charge in [0.15, 0.2) is 5.69 Å². The van der Waals surface area contributed by atoms with Crippen LogP contribution in [0.25, 0.3) is 11.0 Å². The van der Waals surface area contributed by atoms with Gasteiger partial charge in [0, 0.05) is 12.0 Å². The zero-order valence-corrected chi connectivity index (χ0v) is 30.7. The fraction of sp³-hybridized carbons (Fsp3) is 0.595. The number of esters is 1. The van der Waals surface area contributed by atoms with E-state index in [1.807, 2.05) is 13.8 Å². The molecule has 53 heavy (non-hydrogen) atoms. The fourth-order valence-corrected chi connectivity index (χ4v) is 6.21. The smallest absolute Gasteiger partial charge is 0.471 e. The first-order valence-electron chi connectivity index (χ1n) is 17.5. The van der Waals surface area contributed by atoms with Gasteiger partial charge in [0.25, 0.3) is 0 Å². The van der Waals surface area contributed by atoms with Crippen molar-refractivity contribution >= 4 is 29.0 Å². The second-order valence-corrected chi connectivity index (χ2v) is 14.8. The third-order valence-corrected chi connectivity index (χ3v) is 9.06. The van der Waals surface area contributed by atoms with Crippen molar-refractivity contribution in [3.8, 4) is 11.6 Å². The molecule has 0 radical (unpaired) electrons. The molecule has 2 heterocycles. The predicted molar refractivity (Wildman–Crippen MR) is 184 cm³/mol. The number of aromatic nitrogens is 2. The minimum atomic E-state index is -5.04. The summed E-state index contributed by atoms with van der Waals surface area (Å²) in [6.45, 7) is 17.1. The molecular weight excluding hydrogens is 707 g/mol. The van der Waals surface area contributed by atoms with Gasteiger partial charge >= 0.3 is 24.3 Å². The summed E-state index contributed by atoms with van der Waals surface area (Å²) < 4.78 is 90.7. The van der Waals surface area contributed by atoms with Crippen LogP contribution in [0.5, 0.6) is 11.6 Å². The molecular formula is C37H47F5N4O7. The van der Waals surface area contributed by atoms with E-state index in [4.69, 9.17) is 14.2 Å². The van der Waals surface area contributed by atoms with Crippen LogP contribution < -0.4 is 14.8 Å². The minimum Gasteiger partial charge on any atom is -0.471 e. The Labute approximate surface area is 305 Å². The molecule has 292 valence electrons. The van der Waals surface area contributed by atoms with Crippen molar-refractivity contribution in [2.24, 2.45) is 23.2 Å². The van der Waals surface area contributed by atoms with Crippen molar-refractivity contribution in [2.75, 3.05) is 13.2 Å². The molecule has 6 atom stereocenters. The molecule has 2 aliphatic rings. The van der Waals surface area contributed by atoms with Crippen LogP contribution in [-0.4, -0.2) is 76.6 Å². The summed E-state index contributed by atoms with van der Waals surface area (Å²) in [5.74, 6) is -7.37. The third-order valence-electron chi connectivity index (χ3n) is 9.06. The molecule has 0 spiro atoms. The number of alkyl halides is 5. The zero-order valence-electron chi connectivity index (χ0n) is 30.7. The van der Waals surface area contributed by atoms with Gasteiger partial charge in [-0.2, -0.15) is 8.78 Å². The monoisotopic (exact) mass is 754 g/mol. The molecule has 2 amide bonds. The van der Waals surface area contributed by atoms with Gasteiger partial charge in [0.1, 0.15) is 30.0 Å². The Bertz CT molecular complexity index is 1680. The number of likely N-dealkylation sites (tertiary alicyclic amines) is 1. The Morgan fingerprint density at radius 1 is 1.06 bits per heavy atom. The summed E-state index contributed by atoms with van der Waals surface area (Å²) in [5, 5.41) is 2.68. The number of rotatable bonds is 15. The van der Waals surface area contributed by atoms with Crippen LogP contribution in [0.1, 0.15) is 72.9 Å². The maximum atomic E-state index is 15.3.